The maximum Gasteiger partial charge on any atom is 0.139 e. The number of hydrogen-bond acceptors (Lipinski definition) is 6. The second-order valence-electron chi connectivity index (χ2n) is 9.30. The zero-order valence-electron chi connectivity index (χ0n) is 17.5. The zero-order valence-corrected chi connectivity index (χ0v) is 17.5. The van der Waals surface area contributed by atoms with E-state index in [0.717, 1.165) is 49.2 Å². The van der Waals surface area contributed by atoms with Gasteiger partial charge in [0.1, 0.15) is 11.0 Å². The lowest BCUT2D eigenvalue weighted by molar-refractivity contribution is 0.0541. The predicted octanol–water partition coefficient (Wildman–Crippen LogP) is 3.86. The van der Waals surface area contributed by atoms with E-state index < -0.39 is 0 Å². The lowest BCUT2D eigenvalue weighted by Gasteiger charge is -2.38. The zero-order chi connectivity index (χ0) is 19.5. The average molecular weight is 399 g/mol. The van der Waals surface area contributed by atoms with E-state index in [9.17, 15) is 0 Å². The van der Waals surface area contributed by atoms with Crippen molar-refractivity contribution in [3.8, 4) is 0 Å². The fraction of sp³-hybridized carbons (Fsp3) is 0.739. The van der Waals surface area contributed by atoms with Gasteiger partial charge in [-0.05, 0) is 79.5 Å². The number of aromatic nitrogens is 2. The molecule has 2 saturated heterocycles. The van der Waals surface area contributed by atoms with Crippen molar-refractivity contribution in [1.82, 2.24) is 20.1 Å². The van der Waals surface area contributed by atoms with Gasteiger partial charge in [-0.3, -0.25) is 4.90 Å². The molecule has 2 aliphatic heterocycles. The molecule has 0 N–H and O–H groups in total. The fourth-order valence-electron chi connectivity index (χ4n) is 5.65. The van der Waals surface area contributed by atoms with Crippen molar-refractivity contribution in [2.45, 2.75) is 70.1 Å². The number of rotatable bonds is 7. The molecular formula is C23H34N4O2. The lowest BCUT2D eigenvalue weighted by Crippen LogP contribution is -2.43. The van der Waals surface area contributed by atoms with Crippen LogP contribution in [0.15, 0.2) is 22.8 Å². The third kappa shape index (κ3) is 4.65. The molecule has 0 radical (unpaired) electrons. The number of hydrogen-bond donors (Lipinski definition) is 0. The maximum atomic E-state index is 5.97. The smallest absolute Gasteiger partial charge is 0.139 e. The number of nitrogens with zero attached hydrogens (tertiary/aromatic N) is 4. The second-order valence-corrected chi connectivity index (χ2v) is 9.30. The first-order chi connectivity index (χ1) is 14.3. The molecule has 1 saturated carbocycles. The highest BCUT2D eigenvalue weighted by molar-refractivity contribution is 5.76. The molecular weight excluding hydrogens is 364 g/mol. The largest absolute Gasteiger partial charge is 0.377 e. The van der Waals surface area contributed by atoms with Crippen LogP contribution in [-0.2, 0) is 11.3 Å². The summed E-state index contributed by atoms with van der Waals surface area (Å²) in [5, 5.41) is 8.17. The molecule has 6 nitrogen and oxygen atoms in total. The van der Waals surface area contributed by atoms with Gasteiger partial charge in [0.15, 0.2) is 0 Å². The lowest BCUT2D eigenvalue weighted by atomic mass is 9.94. The van der Waals surface area contributed by atoms with E-state index in [-0.39, 0.29) is 0 Å². The molecule has 1 atom stereocenters. The van der Waals surface area contributed by atoms with Gasteiger partial charge in [-0.25, -0.2) is 4.63 Å². The van der Waals surface area contributed by atoms with Gasteiger partial charge in [0, 0.05) is 32.3 Å². The Morgan fingerprint density at radius 1 is 0.966 bits per heavy atom. The van der Waals surface area contributed by atoms with Gasteiger partial charge in [0.05, 0.1) is 6.10 Å². The van der Waals surface area contributed by atoms with E-state index in [4.69, 9.17) is 9.37 Å². The predicted molar refractivity (Wildman–Crippen MR) is 113 cm³/mol. The summed E-state index contributed by atoms with van der Waals surface area (Å²) >= 11 is 0. The fourth-order valence-corrected chi connectivity index (χ4v) is 5.65. The Morgan fingerprint density at radius 2 is 1.83 bits per heavy atom. The molecule has 2 aromatic rings. The highest BCUT2D eigenvalue weighted by atomic mass is 16.6. The van der Waals surface area contributed by atoms with Crippen molar-refractivity contribution >= 4 is 11.0 Å². The van der Waals surface area contributed by atoms with Crippen LogP contribution in [-0.4, -0.2) is 65.0 Å². The van der Waals surface area contributed by atoms with Crippen molar-refractivity contribution < 1.29 is 9.37 Å². The summed E-state index contributed by atoms with van der Waals surface area (Å²) in [6.07, 6.45) is 11.1. The average Bonchev–Trinajstić information content (AvgIpc) is 3.51. The van der Waals surface area contributed by atoms with Crippen LogP contribution >= 0.6 is 0 Å². The second kappa shape index (κ2) is 9.11. The van der Waals surface area contributed by atoms with Crippen LogP contribution in [0.5, 0.6) is 0 Å². The molecule has 3 heterocycles. The molecule has 1 aliphatic carbocycles. The molecule has 1 aromatic carbocycles. The van der Waals surface area contributed by atoms with Gasteiger partial charge in [0.25, 0.3) is 0 Å². The first kappa shape index (κ1) is 19.5. The van der Waals surface area contributed by atoms with Gasteiger partial charge in [-0.15, -0.1) is 0 Å². The highest BCUT2D eigenvalue weighted by Gasteiger charge is 2.29. The minimum absolute atomic E-state index is 0.378. The van der Waals surface area contributed by atoms with Crippen molar-refractivity contribution in [3.63, 3.8) is 0 Å². The third-order valence-electron chi connectivity index (χ3n) is 7.26. The Balaban J connectivity index is 1.23. The van der Waals surface area contributed by atoms with Crippen molar-refractivity contribution in [2.24, 2.45) is 5.92 Å². The van der Waals surface area contributed by atoms with Gasteiger partial charge >= 0.3 is 0 Å². The highest BCUT2D eigenvalue weighted by Crippen LogP contribution is 2.29. The van der Waals surface area contributed by atoms with Gasteiger partial charge in [0.2, 0.25) is 0 Å². The number of piperidine rings is 1. The van der Waals surface area contributed by atoms with Gasteiger partial charge in [-0.2, -0.15) is 0 Å². The van der Waals surface area contributed by atoms with Gasteiger partial charge < -0.3 is 9.64 Å². The Hall–Kier alpha value is -1.50. The maximum absolute atomic E-state index is 5.97. The molecule has 0 amide bonds. The Labute approximate surface area is 173 Å². The first-order valence-electron chi connectivity index (χ1n) is 11.6. The molecule has 6 heteroatoms. The van der Waals surface area contributed by atoms with E-state index in [2.05, 4.69) is 32.2 Å². The monoisotopic (exact) mass is 398 g/mol. The summed E-state index contributed by atoms with van der Waals surface area (Å²) < 4.78 is 11.0. The van der Waals surface area contributed by atoms with Crippen LogP contribution in [0.3, 0.4) is 0 Å². The molecule has 3 aliphatic rings. The molecule has 0 bridgehead atoms. The van der Waals surface area contributed by atoms with E-state index in [1.54, 1.807) is 0 Å². The summed E-state index contributed by atoms with van der Waals surface area (Å²) in [7, 11) is 0. The number of ether oxygens (including phenoxy) is 1. The van der Waals surface area contributed by atoms with Crippen LogP contribution in [0.2, 0.25) is 0 Å². The summed E-state index contributed by atoms with van der Waals surface area (Å²) in [4.78, 5) is 5.38. The van der Waals surface area contributed by atoms with Crippen LogP contribution in [0, 0.1) is 5.92 Å². The number of fused-ring (bicyclic) bond motifs is 1. The van der Waals surface area contributed by atoms with Crippen LogP contribution in [0.25, 0.3) is 11.0 Å². The summed E-state index contributed by atoms with van der Waals surface area (Å²) in [5.74, 6) is 0.781. The topological polar surface area (TPSA) is 54.6 Å². The molecule has 1 aromatic heterocycles. The molecule has 5 rings (SSSR count). The summed E-state index contributed by atoms with van der Waals surface area (Å²) in [6.45, 7) is 6.55. The molecule has 158 valence electrons. The van der Waals surface area contributed by atoms with E-state index in [1.807, 2.05) is 6.07 Å². The summed E-state index contributed by atoms with van der Waals surface area (Å²) in [6, 6.07) is 7.07. The Bertz CT molecular complexity index is 774. The van der Waals surface area contributed by atoms with E-state index >= 15 is 0 Å². The Morgan fingerprint density at radius 3 is 2.62 bits per heavy atom. The standard InChI is InChI=1S/C23H34N4O2/c1-2-7-20(6-1)27-12-10-18(11-13-27)15-26(17-21-8-4-14-28-21)16-19-5-3-9-22-23(19)25-29-24-22/h3,5,9,18,20-21H,1-2,4,6-8,10-17H2. The van der Waals surface area contributed by atoms with Crippen molar-refractivity contribution in [2.75, 3.05) is 32.8 Å². The normalized spacial score (nSPS) is 24.9. The molecule has 3 fully saturated rings. The molecule has 0 spiro atoms. The van der Waals surface area contributed by atoms with Crippen LogP contribution < -0.4 is 0 Å². The summed E-state index contributed by atoms with van der Waals surface area (Å²) in [5.41, 5.74) is 2.97. The quantitative estimate of drug-likeness (QED) is 0.706. The van der Waals surface area contributed by atoms with Gasteiger partial charge in [-0.1, -0.05) is 25.0 Å². The van der Waals surface area contributed by atoms with E-state index in [1.165, 1.54) is 70.0 Å². The van der Waals surface area contributed by atoms with Crippen molar-refractivity contribution in [1.29, 1.82) is 0 Å². The third-order valence-corrected chi connectivity index (χ3v) is 7.26. The van der Waals surface area contributed by atoms with E-state index in [0.29, 0.717) is 6.10 Å². The van der Waals surface area contributed by atoms with Crippen molar-refractivity contribution in [3.05, 3.63) is 23.8 Å². The minimum Gasteiger partial charge on any atom is -0.377 e. The minimum atomic E-state index is 0.378. The first-order valence-corrected chi connectivity index (χ1v) is 11.6. The molecule has 1 unspecified atom stereocenters. The Kier molecular flexibility index (Phi) is 6.11. The van der Waals surface area contributed by atoms with Crippen LogP contribution in [0.1, 0.15) is 56.9 Å². The van der Waals surface area contributed by atoms with Crippen LogP contribution in [0.4, 0.5) is 0 Å². The number of benzene rings is 1. The number of likely N-dealkylation sites (tertiary alicyclic amines) is 1. The molecule has 29 heavy (non-hydrogen) atoms. The SMILES string of the molecule is c1cc(CN(CC2CCN(C3CCCC3)CC2)CC2CCCO2)c2nonc2c1.